The van der Waals surface area contributed by atoms with E-state index in [1.807, 2.05) is 0 Å². The molecule has 3 atom stereocenters. The molecule has 3 unspecified atom stereocenters. The van der Waals surface area contributed by atoms with Crippen LogP contribution in [0.1, 0.15) is 26.3 Å². The highest BCUT2D eigenvalue weighted by Gasteiger charge is 2.48. The molecular weight excluding hydrogens is 424 g/mol. The summed E-state index contributed by atoms with van der Waals surface area (Å²) in [5.41, 5.74) is 1.21. The summed E-state index contributed by atoms with van der Waals surface area (Å²) in [5, 5.41) is 9.94. The van der Waals surface area contributed by atoms with Crippen molar-refractivity contribution < 1.29 is 22.5 Å². The number of sulfonamides is 1. The van der Waals surface area contributed by atoms with Crippen molar-refractivity contribution in [2.45, 2.75) is 42.5 Å². The lowest BCUT2D eigenvalue weighted by Crippen LogP contribution is -2.56. The van der Waals surface area contributed by atoms with Crippen LogP contribution in [0.15, 0.2) is 66.1 Å². The van der Waals surface area contributed by atoms with Gasteiger partial charge in [-0.25, -0.2) is 17.3 Å². The van der Waals surface area contributed by atoms with Crippen LogP contribution >= 0.6 is 0 Å². The number of hydrogen-bond donors (Lipinski definition) is 2. The molecule has 0 radical (unpaired) electrons. The van der Waals surface area contributed by atoms with Crippen LogP contribution in [0.4, 0.5) is 5.69 Å². The van der Waals surface area contributed by atoms with E-state index in [-0.39, 0.29) is 4.90 Å². The van der Waals surface area contributed by atoms with E-state index in [2.05, 4.69) is 11.3 Å². The van der Waals surface area contributed by atoms with Crippen LogP contribution in [0.2, 0.25) is 0 Å². The SMILES string of the molecule is C=C1c2ccccc2N(S(=O)(=O)c2ccccc2)C1C(NS(=O)C(C)(C)C)C(=O)O. The number of carboxylic acids is 1. The van der Waals surface area contributed by atoms with Gasteiger partial charge >= 0.3 is 5.97 Å². The number of rotatable bonds is 6. The second-order valence-electron chi connectivity index (χ2n) is 7.92. The Morgan fingerprint density at radius 2 is 1.70 bits per heavy atom. The Hall–Kier alpha value is -2.49. The summed E-state index contributed by atoms with van der Waals surface area (Å²) in [7, 11) is -5.86. The minimum Gasteiger partial charge on any atom is -0.480 e. The summed E-state index contributed by atoms with van der Waals surface area (Å²) in [6, 6.07) is 11.9. The van der Waals surface area contributed by atoms with E-state index in [1.54, 1.807) is 63.2 Å². The number of para-hydroxylation sites is 1. The van der Waals surface area contributed by atoms with Gasteiger partial charge in [0.1, 0.15) is 6.04 Å². The fourth-order valence-electron chi connectivity index (χ4n) is 3.25. The molecule has 0 spiro atoms. The van der Waals surface area contributed by atoms with Gasteiger partial charge in [0, 0.05) is 5.56 Å². The predicted molar refractivity (Wildman–Crippen MR) is 118 cm³/mol. The van der Waals surface area contributed by atoms with Gasteiger partial charge in [-0.1, -0.05) is 43.0 Å². The molecule has 0 bridgehead atoms. The van der Waals surface area contributed by atoms with Crippen molar-refractivity contribution in [1.82, 2.24) is 4.72 Å². The van der Waals surface area contributed by atoms with E-state index in [9.17, 15) is 22.5 Å². The highest BCUT2D eigenvalue weighted by molar-refractivity contribution is 7.93. The largest absolute Gasteiger partial charge is 0.480 e. The van der Waals surface area contributed by atoms with Gasteiger partial charge in [-0.15, -0.1) is 0 Å². The van der Waals surface area contributed by atoms with Crippen molar-refractivity contribution in [2.24, 2.45) is 0 Å². The molecule has 1 aliphatic heterocycles. The number of fused-ring (bicyclic) bond motifs is 1. The lowest BCUT2D eigenvalue weighted by molar-refractivity contribution is -0.139. The van der Waals surface area contributed by atoms with E-state index in [0.29, 0.717) is 16.8 Å². The normalized spacial score (nSPS) is 18.7. The quantitative estimate of drug-likeness (QED) is 0.707. The Bertz CT molecular complexity index is 1110. The van der Waals surface area contributed by atoms with Crippen molar-refractivity contribution in [3.63, 3.8) is 0 Å². The summed E-state index contributed by atoms with van der Waals surface area (Å²) in [5.74, 6) is -1.32. The smallest absolute Gasteiger partial charge is 0.324 e. The first-order valence-corrected chi connectivity index (χ1v) is 11.8. The number of benzene rings is 2. The maximum absolute atomic E-state index is 13.6. The molecular formula is C21H24N2O5S2. The van der Waals surface area contributed by atoms with Gasteiger partial charge in [-0.3, -0.25) is 9.10 Å². The Labute approximate surface area is 179 Å². The highest BCUT2D eigenvalue weighted by atomic mass is 32.2. The van der Waals surface area contributed by atoms with Crippen molar-refractivity contribution in [2.75, 3.05) is 4.31 Å². The Morgan fingerprint density at radius 3 is 2.27 bits per heavy atom. The lowest BCUT2D eigenvalue weighted by atomic mass is 9.99. The van der Waals surface area contributed by atoms with Crippen LogP contribution in [0, 0.1) is 0 Å². The van der Waals surface area contributed by atoms with E-state index in [4.69, 9.17) is 0 Å². The number of nitrogens with one attached hydrogen (secondary N) is 1. The summed E-state index contributed by atoms with van der Waals surface area (Å²) >= 11 is 0. The van der Waals surface area contributed by atoms with Crippen LogP contribution in [0.25, 0.3) is 5.57 Å². The zero-order valence-electron chi connectivity index (χ0n) is 16.9. The summed E-state index contributed by atoms with van der Waals surface area (Å²) in [6.45, 7) is 9.10. The molecule has 0 amide bonds. The molecule has 0 aliphatic carbocycles. The minimum absolute atomic E-state index is 0.0283. The highest BCUT2D eigenvalue weighted by Crippen LogP contribution is 2.44. The molecule has 2 aromatic rings. The van der Waals surface area contributed by atoms with Gasteiger partial charge in [0.2, 0.25) is 0 Å². The molecule has 9 heteroatoms. The summed E-state index contributed by atoms with van der Waals surface area (Å²) < 4.78 is 42.7. The molecule has 2 N–H and O–H groups in total. The van der Waals surface area contributed by atoms with Crippen molar-refractivity contribution in [3.8, 4) is 0 Å². The van der Waals surface area contributed by atoms with Gasteiger partial charge in [0.25, 0.3) is 10.0 Å². The second-order valence-corrected chi connectivity index (χ2v) is 11.7. The number of nitrogens with zero attached hydrogens (tertiary/aromatic N) is 1. The fraction of sp³-hybridized carbons (Fsp3) is 0.286. The first kappa shape index (κ1) is 22.2. The second kappa shape index (κ2) is 7.98. The summed E-state index contributed by atoms with van der Waals surface area (Å²) in [4.78, 5) is 12.2. The molecule has 160 valence electrons. The van der Waals surface area contributed by atoms with Gasteiger partial charge in [0.15, 0.2) is 0 Å². The predicted octanol–water partition coefficient (Wildman–Crippen LogP) is 2.78. The maximum atomic E-state index is 13.6. The van der Waals surface area contributed by atoms with E-state index < -0.39 is 43.8 Å². The number of aliphatic carboxylic acids is 1. The number of carbonyl (C=O) groups is 1. The third kappa shape index (κ3) is 3.92. The third-order valence-corrected chi connectivity index (χ3v) is 8.16. The zero-order valence-corrected chi connectivity index (χ0v) is 18.5. The topological polar surface area (TPSA) is 104 Å². The molecule has 0 fully saturated rings. The number of anilines is 1. The van der Waals surface area contributed by atoms with Crippen molar-refractivity contribution >= 4 is 38.2 Å². The van der Waals surface area contributed by atoms with Gasteiger partial charge in [-0.05, 0) is 44.5 Å². The zero-order chi connectivity index (χ0) is 22.3. The molecule has 30 heavy (non-hydrogen) atoms. The average molecular weight is 449 g/mol. The standard InChI is InChI=1S/C21H24N2O5S2/c1-14-16-12-8-9-13-17(16)23(30(27,28)15-10-6-5-7-11-15)19(14)18(20(24)25)22-29(26)21(2,3)4/h5-13,18-19,22H,1H2,2-4H3,(H,24,25). The maximum Gasteiger partial charge on any atom is 0.324 e. The van der Waals surface area contributed by atoms with E-state index >= 15 is 0 Å². The summed E-state index contributed by atoms with van der Waals surface area (Å²) in [6.07, 6.45) is 0. The van der Waals surface area contributed by atoms with Crippen LogP contribution in [-0.2, 0) is 25.8 Å². The molecule has 2 aromatic carbocycles. The Morgan fingerprint density at radius 1 is 1.13 bits per heavy atom. The monoisotopic (exact) mass is 448 g/mol. The third-order valence-electron chi connectivity index (χ3n) is 4.77. The number of hydrogen-bond acceptors (Lipinski definition) is 4. The molecule has 1 aliphatic rings. The number of carboxylic acid groups (broad SMARTS) is 1. The van der Waals surface area contributed by atoms with E-state index in [1.165, 1.54) is 12.1 Å². The minimum atomic E-state index is -4.11. The molecule has 0 saturated heterocycles. The van der Waals surface area contributed by atoms with Crippen LogP contribution in [-0.4, -0.2) is 40.5 Å². The lowest BCUT2D eigenvalue weighted by Gasteiger charge is -2.32. The van der Waals surface area contributed by atoms with Gasteiger partial charge < -0.3 is 5.11 Å². The molecule has 7 nitrogen and oxygen atoms in total. The fourth-order valence-corrected chi connectivity index (χ4v) is 5.76. The first-order chi connectivity index (χ1) is 14.0. The van der Waals surface area contributed by atoms with Gasteiger partial charge in [-0.2, -0.15) is 0 Å². The van der Waals surface area contributed by atoms with Gasteiger partial charge in [0.05, 0.1) is 32.4 Å². The molecule has 0 aromatic heterocycles. The van der Waals surface area contributed by atoms with Crippen molar-refractivity contribution in [1.29, 1.82) is 0 Å². The van der Waals surface area contributed by atoms with E-state index in [0.717, 1.165) is 4.31 Å². The van der Waals surface area contributed by atoms with Crippen LogP contribution in [0.3, 0.4) is 0 Å². The Kier molecular flexibility index (Phi) is 5.90. The Balaban J connectivity index is 2.17. The van der Waals surface area contributed by atoms with Crippen molar-refractivity contribution in [3.05, 3.63) is 66.7 Å². The molecule has 1 heterocycles. The molecule has 0 saturated carbocycles. The van der Waals surface area contributed by atoms with Crippen LogP contribution in [0.5, 0.6) is 0 Å². The first-order valence-electron chi connectivity index (χ1n) is 9.25. The van der Waals surface area contributed by atoms with Crippen LogP contribution < -0.4 is 9.03 Å². The molecule has 3 rings (SSSR count). The average Bonchev–Trinajstić information content (AvgIpc) is 2.99.